The van der Waals surface area contributed by atoms with E-state index in [-0.39, 0.29) is 0 Å². The molecule has 0 aliphatic heterocycles. The minimum absolute atomic E-state index is 0.557. The van der Waals surface area contributed by atoms with Gasteiger partial charge in [-0.3, -0.25) is 8.97 Å². The summed E-state index contributed by atoms with van der Waals surface area (Å²) in [5.41, 5.74) is 6.00. The Morgan fingerprint density at radius 3 is 2.52 bits per heavy atom. The molecule has 2 heterocycles. The summed E-state index contributed by atoms with van der Waals surface area (Å²) in [5, 5.41) is 0. The Balaban J connectivity index is 1.95. The molecule has 1 aliphatic carbocycles. The smallest absolute Gasteiger partial charge is 0.220 e. The Kier molecular flexibility index (Phi) is 2.54. The van der Waals surface area contributed by atoms with Crippen LogP contribution in [0.5, 0.6) is 0 Å². The van der Waals surface area contributed by atoms with Gasteiger partial charge in [0.05, 0.1) is 22.4 Å². The van der Waals surface area contributed by atoms with Crippen LogP contribution in [0.3, 0.4) is 0 Å². The van der Waals surface area contributed by atoms with Crippen molar-refractivity contribution >= 4 is 22.9 Å². The number of fused-ring (bicyclic) bond motifs is 5. The second kappa shape index (κ2) is 4.59. The molecule has 0 fully saturated rings. The Labute approximate surface area is 134 Å². The van der Waals surface area contributed by atoms with Crippen molar-refractivity contribution in [2.45, 2.75) is 13.3 Å². The van der Waals surface area contributed by atoms with Gasteiger partial charge in [-0.15, -0.1) is 0 Å². The highest BCUT2D eigenvalue weighted by Crippen LogP contribution is 2.31. The van der Waals surface area contributed by atoms with Gasteiger partial charge in [0.15, 0.2) is 0 Å². The predicted molar refractivity (Wildman–Crippen MR) is 93.9 cm³/mol. The van der Waals surface area contributed by atoms with E-state index in [4.69, 9.17) is 4.98 Å². The fourth-order valence-electron chi connectivity index (χ4n) is 3.60. The number of nitrogens with zero attached hydrogens (tertiary/aromatic N) is 3. The second-order valence-electron chi connectivity index (χ2n) is 6.28. The van der Waals surface area contributed by atoms with Crippen molar-refractivity contribution in [3.8, 4) is 5.69 Å². The highest BCUT2D eigenvalue weighted by atomic mass is 15.2. The van der Waals surface area contributed by atoms with Crippen LogP contribution in [0, 0.1) is 5.92 Å². The highest BCUT2D eigenvalue weighted by molar-refractivity contribution is 5.84. The standard InChI is InChI=1S/C20H17N3/c1-14-11-12-16-19(13-14)23-18-10-6-5-9-17(18)22(20(23)21-16)15-7-3-2-4-8-15/h2-12,14H,13H2,1H3. The molecule has 23 heavy (non-hydrogen) atoms. The molecule has 0 saturated carbocycles. The Bertz CT molecular complexity index is 1050. The number of imidazole rings is 2. The maximum Gasteiger partial charge on any atom is 0.220 e. The fourth-order valence-corrected chi connectivity index (χ4v) is 3.60. The summed E-state index contributed by atoms with van der Waals surface area (Å²) in [4.78, 5) is 4.94. The van der Waals surface area contributed by atoms with Crippen molar-refractivity contribution in [3.63, 3.8) is 0 Å². The molecule has 2 aromatic carbocycles. The number of allylic oxidation sites excluding steroid dienone is 1. The maximum atomic E-state index is 4.94. The van der Waals surface area contributed by atoms with Crippen LogP contribution in [0.4, 0.5) is 0 Å². The van der Waals surface area contributed by atoms with E-state index in [0.29, 0.717) is 5.92 Å². The lowest BCUT2D eigenvalue weighted by atomic mass is 9.98. The van der Waals surface area contributed by atoms with E-state index in [1.165, 1.54) is 16.7 Å². The number of benzene rings is 2. The first-order valence-corrected chi connectivity index (χ1v) is 8.07. The molecule has 4 aromatic rings. The minimum atomic E-state index is 0.557. The van der Waals surface area contributed by atoms with Crippen LogP contribution in [-0.4, -0.2) is 14.0 Å². The molecule has 0 saturated heterocycles. The summed E-state index contributed by atoms with van der Waals surface area (Å²) in [6.45, 7) is 2.26. The van der Waals surface area contributed by atoms with Crippen molar-refractivity contribution in [2.75, 3.05) is 0 Å². The second-order valence-corrected chi connectivity index (χ2v) is 6.28. The van der Waals surface area contributed by atoms with Gasteiger partial charge in [-0.1, -0.05) is 43.3 Å². The van der Waals surface area contributed by atoms with E-state index in [1.54, 1.807) is 0 Å². The fraction of sp³-hybridized carbons (Fsp3) is 0.150. The average Bonchev–Trinajstić information content (AvgIpc) is 3.10. The van der Waals surface area contributed by atoms with Crippen molar-refractivity contribution in [1.29, 1.82) is 0 Å². The van der Waals surface area contributed by atoms with Crippen LogP contribution in [0.25, 0.3) is 28.6 Å². The van der Waals surface area contributed by atoms with E-state index in [2.05, 4.69) is 76.6 Å². The Morgan fingerprint density at radius 1 is 0.957 bits per heavy atom. The van der Waals surface area contributed by atoms with Crippen molar-refractivity contribution in [1.82, 2.24) is 14.0 Å². The molecule has 1 unspecified atom stereocenters. The normalized spacial score (nSPS) is 17.0. The van der Waals surface area contributed by atoms with Crippen LogP contribution < -0.4 is 0 Å². The van der Waals surface area contributed by atoms with Crippen LogP contribution in [0.1, 0.15) is 18.3 Å². The third-order valence-corrected chi connectivity index (χ3v) is 4.66. The molecule has 0 N–H and O–H groups in total. The first-order chi connectivity index (χ1) is 11.3. The van der Waals surface area contributed by atoms with Crippen LogP contribution >= 0.6 is 0 Å². The van der Waals surface area contributed by atoms with Gasteiger partial charge in [0.2, 0.25) is 5.78 Å². The molecule has 2 aromatic heterocycles. The van der Waals surface area contributed by atoms with Gasteiger partial charge < -0.3 is 0 Å². The quantitative estimate of drug-likeness (QED) is 0.508. The predicted octanol–water partition coefficient (Wildman–Crippen LogP) is 4.48. The van der Waals surface area contributed by atoms with E-state index >= 15 is 0 Å². The van der Waals surface area contributed by atoms with Crippen molar-refractivity contribution in [3.05, 3.63) is 72.1 Å². The molecule has 0 radical (unpaired) electrons. The van der Waals surface area contributed by atoms with Gasteiger partial charge in [-0.2, -0.15) is 0 Å². The lowest BCUT2D eigenvalue weighted by Crippen LogP contribution is -2.05. The number of para-hydroxylation sites is 3. The SMILES string of the molecule is CC1C=Cc2nc3n(-c4ccccc4)c4ccccc4n3c2C1. The van der Waals surface area contributed by atoms with Crippen LogP contribution in [0.2, 0.25) is 0 Å². The van der Waals surface area contributed by atoms with Crippen LogP contribution in [-0.2, 0) is 6.42 Å². The number of hydrogen-bond acceptors (Lipinski definition) is 1. The van der Waals surface area contributed by atoms with Crippen molar-refractivity contribution < 1.29 is 0 Å². The Morgan fingerprint density at radius 2 is 1.70 bits per heavy atom. The van der Waals surface area contributed by atoms with Gasteiger partial charge >= 0.3 is 0 Å². The zero-order chi connectivity index (χ0) is 15.4. The van der Waals surface area contributed by atoms with E-state index in [0.717, 1.165) is 23.6 Å². The topological polar surface area (TPSA) is 22.2 Å². The molecule has 3 heteroatoms. The molecule has 1 aliphatic rings. The lowest BCUT2D eigenvalue weighted by molar-refractivity contribution is 0.697. The first kappa shape index (κ1) is 12.7. The third kappa shape index (κ3) is 1.73. The molecule has 1 atom stereocenters. The summed E-state index contributed by atoms with van der Waals surface area (Å²) in [7, 11) is 0. The summed E-state index contributed by atoms with van der Waals surface area (Å²) >= 11 is 0. The lowest BCUT2D eigenvalue weighted by Gasteiger charge is -2.11. The molecule has 0 spiro atoms. The largest absolute Gasteiger partial charge is 0.280 e. The molecular formula is C20H17N3. The van der Waals surface area contributed by atoms with Gasteiger partial charge in [0, 0.05) is 5.69 Å². The zero-order valence-corrected chi connectivity index (χ0v) is 13.0. The molecule has 3 nitrogen and oxygen atoms in total. The van der Waals surface area contributed by atoms with Gasteiger partial charge in [-0.05, 0) is 42.7 Å². The molecule has 5 rings (SSSR count). The molecule has 112 valence electrons. The monoisotopic (exact) mass is 299 g/mol. The molecular weight excluding hydrogens is 282 g/mol. The highest BCUT2D eigenvalue weighted by Gasteiger charge is 2.22. The number of hydrogen-bond donors (Lipinski definition) is 0. The van der Waals surface area contributed by atoms with Crippen LogP contribution in [0.15, 0.2) is 60.7 Å². The van der Waals surface area contributed by atoms with Gasteiger partial charge in [0.1, 0.15) is 0 Å². The first-order valence-electron chi connectivity index (χ1n) is 8.07. The summed E-state index contributed by atoms with van der Waals surface area (Å²) in [6.07, 6.45) is 5.46. The van der Waals surface area contributed by atoms with E-state index in [9.17, 15) is 0 Å². The van der Waals surface area contributed by atoms with Gasteiger partial charge in [0.25, 0.3) is 0 Å². The van der Waals surface area contributed by atoms with Crippen molar-refractivity contribution in [2.24, 2.45) is 5.92 Å². The number of rotatable bonds is 1. The van der Waals surface area contributed by atoms with E-state index in [1.807, 2.05) is 6.07 Å². The minimum Gasteiger partial charge on any atom is -0.280 e. The number of aromatic nitrogens is 3. The molecule has 0 bridgehead atoms. The zero-order valence-electron chi connectivity index (χ0n) is 13.0. The molecule has 0 amide bonds. The van der Waals surface area contributed by atoms with Gasteiger partial charge in [-0.25, -0.2) is 4.98 Å². The summed E-state index contributed by atoms with van der Waals surface area (Å²) in [5.74, 6) is 1.56. The summed E-state index contributed by atoms with van der Waals surface area (Å²) in [6, 6.07) is 19.0. The summed E-state index contributed by atoms with van der Waals surface area (Å²) < 4.78 is 4.59. The average molecular weight is 299 g/mol. The van der Waals surface area contributed by atoms with E-state index < -0.39 is 0 Å². The maximum absolute atomic E-state index is 4.94. The third-order valence-electron chi connectivity index (χ3n) is 4.66. The Hall–Kier alpha value is -2.81.